The Morgan fingerprint density at radius 2 is 1.67 bits per heavy atom. The van der Waals surface area contributed by atoms with E-state index in [0.717, 1.165) is 18.1 Å². The number of carbonyl (C=O) groups is 1. The van der Waals surface area contributed by atoms with Gasteiger partial charge in [0, 0.05) is 38.4 Å². The van der Waals surface area contributed by atoms with Crippen LogP contribution in [0.4, 0.5) is 18.9 Å². The second-order valence-electron chi connectivity index (χ2n) is 9.11. The van der Waals surface area contributed by atoms with Gasteiger partial charge < -0.3 is 9.64 Å². The van der Waals surface area contributed by atoms with E-state index in [9.17, 15) is 18.0 Å². The maximum Gasteiger partial charge on any atom is 0.416 e. The molecule has 0 aliphatic carbocycles. The molecular weight excluding hydrogens is 429 g/mol. The first-order valence-corrected chi connectivity index (χ1v) is 11.5. The van der Waals surface area contributed by atoms with Gasteiger partial charge in [-0.2, -0.15) is 13.2 Å². The minimum absolute atomic E-state index is 0.241. The molecule has 0 unspecified atom stereocenters. The van der Waals surface area contributed by atoms with Crippen molar-refractivity contribution in [1.82, 2.24) is 4.90 Å². The Balaban J connectivity index is 1.41. The van der Waals surface area contributed by atoms with Crippen LogP contribution in [-0.4, -0.2) is 50.2 Å². The zero-order chi connectivity index (χ0) is 24.0. The minimum Gasteiger partial charge on any atom is -0.464 e. The SMILES string of the molecule is CC(C)Cc1ccc([C@H](C)C(=O)OCCN2CCN(c3cccc(C(F)(F)F)c3)CC2)cc1. The van der Waals surface area contributed by atoms with Gasteiger partial charge in [0.1, 0.15) is 6.61 Å². The van der Waals surface area contributed by atoms with Gasteiger partial charge in [0.15, 0.2) is 0 Å². The quantitative estimate of drug-likeness (QED) is 0.494. The van der Waals surface area contributed by atoms with Gasteiger partial charge in [-0.25, -0.2) is 0 Å². The molecule has 1 aliphatic rings. The first-order chi connectivity index (χ1) is 15.6. The topological polar surface area (TPSA) is 32.8 Å². The summed E-state index contributed by atoms with van der Waals surface area (Å²) in [6, 6.07) is 13.6. The molecule has 0 amide bonds. The molecule has 3 rings (SSSR count). The van der Waals surface area contributed by atoms with Crippen molar-refractivity contribution in [2.24, 2.45) is 5.92 Å². The molecule has 0 bridgehead atoms. The number of ether oxygens (including phenoxy) is 1. The van der Waals surface area contributed by atoms with Crippen LogP contribution in [0.15, 0.2) is 48.5 Å². The molecule has 1 saturated heterocycles. The van der Waals surface area contributed by atoms with Crippen LogP contribution in [0.2, 0.25) is 0 Å². The molecule has 2 aromatic rings. The Kier molecular flexibility index (Phi) is 8.40. The molecule has 0 radical (unpaired) electrons. The number of nitrogens with zero attached hydrogens (tertiary/aromatic N) is 2. The molecule has 4 nitrogen and oxygen atoms in total. The summed E-state index contributed by atoms with van der Waals surface area (Å²) in [6.45, 7) is 9.82. The highest BCUT2D eigenvalue weighted by atomic mass is 19.4. The number of hydrogen-bond donors (Lipinski definition) is 0. The molecule has 0 saturated carbocycles. The van der Waals surface area contributed by atoms with Crippen LogP contribution in [0.1, 0.15) is 43.4 Å². The third-order valence-electron chi connectivity index (χ3n) is 6.04. The summed E-state index contributed by atoms with van der Waals surface area (Å²) in [5, 5.41) is 0. The molecule has 0 aromatic heterocycles. The molecule has 1 heterocycles. The number of anilines is 1. The number of rotatable bonds is 8. The maximum atomic E-state index is 13.0. The van der Waals surface area contributed by atoms with Gasteiger partial charge in [-0.1, -0.05) is 44.2 Å². The zero-order valence-electron chi connectivity index (χ0n) is 19.6. The fourth-order valence-corrected chi connectivity index (χ4v) is 4.06. The Bertz CT molecular complexity index is 904. The number of halogens is 3. The fourth-order valence-electron chi connectivity index (χ4n) is 4.06. The first kappa shape index (κ1) is 25.1. The molecule has 180 valence electrons. The van der Waals surface area contributed by atoms with Crippen LogP contribution in [0.5, 0.6) is 0 Å². The lowest BCUT2D eigenvalue weighted by molar-refractivity contribution is -0.145. The van der Waals surface area contributed by atoms with Crippen molar-refractivity contribution in [3.8, 4) is 0 Å². The van der Waals surface area contributed by atoms with Crippen LogP contribution in [-0.2, 0) is 22.1 Å². The average molecular weight is 463 g/mol. The average Bonchev–Trinajstić information content (AvgIpc) is 2.78. The van der Waals surface area contributed by atoms with Gasteiger partial charge in [0.05, 0.1) is 11.5 Å². The predicted molar refractivity (Wildman–Crippen MR) is 124 cm³/mol. The van der Waals surface area contributed by atoms with Crippen molar-refractivity contribution in [2.45, 2.75) is 39.3 Å². The van der Waals surface area contributed by atoms with Gasteiger partial charge in [-0.05, 0) is 48.6 Å². The predicted octanol–water partition coefficient (Wildman–Crippen LogP) is 5.37. The lowest BCUT2D eigenvalue weighted by Crippen LogP contribution is -2.47. The van der Waals surface area contributed by atoms with E-state index in [1.165, 1.54) is 17.7 Å². The highest BCUT2D eigenvalue weighted by Gasteiger charge is 2.31. The summed E-state index contributed by atoms with van der Waals surface area (Å²) in [7, 11) is 0. The van der Waals surface area contributed by atoms with E-state index < -0.39 is 11.7 Å². The molecular formula is C26H33F3N2O2. The summed E-state index contributed by atoms with van der Waals surface area (Å²) >= 11 is 0. The summed E-state index contributed by atoms with van der Waals surface area (Å²) in [6.07, 6.45) is -3.32. The number of piperazine rings is 1. The van der Waals surface area contributed by atoms with Crippen molar-refractivity contribution in [3.63, 3.8) is 0 Å². The number of esters is 1. The Morgan fingerprint density at radius 3 is 2.27 bits per heavy atom. The van der Waals surface area contributed by atoms with E-state index in [0.29, 0.717) is 50.9 Å². The normalized spacial score (nSPS) is 16.2. The maximum absolute atomic E-state index is 13.0. The lowest BCUT2D eigenvalue weighted by atomic mass is 9.97. The summed E-state index contributed by atoms with van der Waals surface area (Å²) in [4.78, 5) is 16.6. The number of hydrogen-bond acceptors (Lipinski definition) is 4. The van der Waals surface area contributed by atoms with Crippen molar-refractivity contribution < 1.29 is 22.7 Å². The molecule has 7 heteroatoms. The molecule has 1 aliphatic heterocycles. The van der Waals surface area contributed by atoms with Crippen LogP contribution in [0, 0.1) is 5.92 Å². The van der Waals surface area contributed by atoms with E-state index in [1.54, 1.807) is 6.07 Å². The minimum atomic E-state index is -4.34. The zero-order valence-corrected chi connectivity index (χ0v) is 19.6. The van der Waals surface area contributed by atoms with Crippen molar-refractivity contribution in [2.75, 3.05) is 44.2 Å². The highest BCUT2D eigenvalue weighted by Crippen LogP contribution is 2.31. The van der Waals surface area contributed by atoms with Gasteiger partial charge in [0.25, 0.3) is 0 Å². The fraction of sp³-hybridized carbons (Fsp3) is 0.500. The van der Waals surface area contributed by atoms with E-state index in [-0.39, 0.29) is 11.9 Å². The van der Waals surface area contributed by atoms with Gasteiger partial charge in [-0.15, -0.1) is 0 Å². The van der Waals surface area contributed by atoms with Gasteiger partial charge in [-0.3, -0.25) is 9.69 Å². The number of alkyl halides is 3. The molecule has 0 spiro atoms. The molecule has 0 N–H and O–H groups in total. The Morgan fingerprint density at radius 1 is 1.00 bits per heavy atom. The monoisotopic (exact) mass is 462 g/mol. The number of benzene rings is 2. The lowest BCUT2D eigenvalue weighted by Gasteiger charge is -2.36. The Labute approximate surface area is 194 Å². The third kappa shape index (κ3) is 7.22. The summed E-state index contributed by atoms with van der Waals surface area (Å²) < 4.78 is 44.4. The van der Waals surface area contributed by atoms with E-state index >= 15 is 0 Å². The Hall–Kier alpha value is -2.54. The summed E-state index contributed by atoms with van der Waals surface area (Å²) in [5.41, 5.74) is 2.17. The second kappa shape index (κ2) is 11.1. The first-order valence-electron chi connectivity index (χ1n) is 11.5. The second-order valence-corrected chi connectivity index (χ2v) is 9.11. The van der Waals surface area contributed by atoms with Crippen molar-refractivity contribution in [1.29, 1.82) is 0 Å². The van der Waals surface area contributed by atoms with Crippen LogP contribution in [0.25, 0.3) is 0 Å². The van der Waals surface area contributed by atoms with Crippen LogP contribution in [0.3, 0.4) is 0 Å². The molecule has 1 fully saturated rings. The molecule has 1 atom stereocenters. The van der Waals surface area contributed by atoms with Crippen LogP contribution < -0.4 is 4.90 Å². The largest absolute Gasteiger partial charge is 0.464 e. The third-order valence-corrected chi connectivity index (χ3v) is 6.04. The van der Waals surface area contributed by atoms with Crippen molar-refractivity contribution in [3.05, 3.63) is 65.2 Å². The molecule has 2 aromatic carbocycles. The van der Waals surface area contributed by atoms with E-state index in [1.807, 2.05) is 24.0 Å². The molecule has 33 heavy (non-hydrogen) atoms. The summed E-state index contributed by atoms with van der Waals surface area (Å²) in [5.74, 6) is 0.0234. The van der Waals surface area contributed by atoms with E-state index in [4.69, 9.17) is 4.74 Å². The number of carbonyl (C=O) groups excluding carboxylic acids is 1. The van der Waals surface area contributed by atoms with Crippen LogP contribution >= 0.6 is 0 Å². The van der Waals surface area contributed by atoms with Crippen molar-refractivity contribution >= 4 is 11.7 Å². The van der Waals surface area contributed by atoms with E-state index in [2.05, 4.69) is 30.9 Å². The standard InChI is InChI=1S/C26H33F3N2O2/c1-19(2)17-21-7-9-22(10-8-21)20(3)25(32)33-16-15-30-11-13-31(14-12-30)24-6-4-5-23(18-24)26(27,28)29/h4-10,18-20H,11-17H2,1-3H3/t20-/m0/s1. The van der Waals surface area contributed by atoms with Gasteiger partial charge in [0.2, 0.25) is 0 Å². The highest BCUT2D eigenvalue weighted by molar-refractivity contribution is 5.77. The smallest absolute Gasteiger partial charge is 0.416 e. The van der Waals surface area contributed by atoms with Gasteiger partial charge >= 0.3 is 12.1 Å².